The van der Waals surface area contributed by atoms with Gasteiger partial charge in [0.25, 0.3) is 0 Å². The standard InChI is InChI=1S/C9H16N4O2/c1-6(5-14)12-9(15)8(10)7-3-11-13(2)4-7/h3-4,6,8,14H,5,10H2,1-2H3,(H,12,15)/t6-,8?/m0/s1. The molecule has 2 atom stereocenters. The Morgan fingerprint density at radius 1 is 1.80 bits per heavy atom. The number of amides is 1. The number of nitrogens with two attached hydrogens (primary N) is 1. The molecular weight excluding hydrogens is 196 g/mol. The van der Waals surface area contributed by atoms with Crippen LogP contribution in [0.3, 0.4) is 0 Å². The summed E-state index contributed by atoms with van der Waals surface area (Å²) in [5.41, 5.74) is 6.36. The van der Waals surface area contributed by atoms with Crippen LogP contribution >= 0.6 is 0 Å². The number of aliphatic hydroxyl groups is 1. The first-order valence-corrected chi connectivity index (χ1v) is 4.70. The number of hydrogen-bond donors (Lipinski definition) is 3. The molecular formula is C9H16N4O2. The fourth-order valence-corrected chi connectivity index (χ4v) is 1.13. The van der Waals surface area contributed by atoms with Crippen molar-refractivity contribution in [2.45, 2.75) is 19.0 Å². The highest BCUT2D eigenvalue weighted by atomic mass is 16.3. The topological polar surface area (TPSA) is 93.2 Å². The molecule has 1 aromatic heterocycles. The van der Waals surface area contributed by atoms with Gasteiger partial charge in [-0.15, -0.1) is 0 Å². The van der Waals surface area contributed by atoms with Gasteiger partial charge in [0.1, 0.15) is 6.04 Å². The van der Waals surface area contributed by atoms with Crippen LogP contribution in [0.5, 0.6) is 0 Å². The number of carbonyl (C=O) groups is 1. The quantitative estimate of drug-likeness (QED) is 0.591. The molecule has 6 heteroatoms. The molecule has 0 spiro atoms. The monoisotopic (exact) mass is 212 g/mol. The van der Waals surface area contributed by atoms with Gasteiger partial charge < -0.3 is 16.2 Å². The second-order valence-corrected chi connectivity index (χ2v) is 3.52. The highest BCUT2D eigenvalue weighted by Gasteiger charge is 2.18. The maximum atomic E-state index is 11.5. The number of aromatic nitrogens is 2. The van der Waals surface area contributed by atoms with Crippen molar-refractivity contribution >= 4 is 5.91 Å². The molecule has 1 rings (SSSR count). The first-order valence-electron chi connectivity index (χ1n) is 4.70. The molecule has 1 heterocycles. The molecule has 4 N–H and O–H groups in total. The van der Waals surface area contributed by atoms with Gasteiger partial charge in [-0.2, -0.15) is 5.10 Å². The van der Waals surface area contributed by atoms with Crippen LogP contribution in [0.25, 0.3) is 0 Å². The van der Waals surface area contributed by atoms with E-state index in [2.05, 4.69) is 10.4 Å². The molecule has 15 heavy (non-hydrogen) atoms. The van der Waals surface area contributed by atoms with Crippen LogP contribution in [0.1, 0.15) is 18.5 Å². The summed E-state index contributed by atoms with van der Waals surface area (Å²) in [6.45, 7) is 1.60. The third-order valence-corrected chi connectivity index (χ3v) is 2.03. The van der Waals surface area contributed by atoms with Crippen LogP contribution in [-0.4, -0.2) is 33.4 Å². The van der Waals surface area contributed by atoms with Crippen molar-refractivity contribution in [3.05, 3.63) is 18.0 Å². The third kappa shape index (κ3) is 3.03. The van der Waals surface area contributed by atoms with Crippen LogP contribution in [-0.2, 0) is 11.8 Å². The Bertz CT molecular complexity index is 337. The number of carbonyl (C=O) groups excluding carboxylic acids is 1. The summed E-state index contributed by atoms with van der Waals surface area (Å²) in [6, 6.07) is -1.03. The minimum absolute atomic E-state index is 0.106. The van der Waals surface area contributed by atoms with Gasteiger partial charge in [-0.3, -0.25) is 9.48 Å². The Morgan fingerprint density at radius 2 is 2.47 bits per heavy atom. The maximum Gasteiger partial charge on any atom is 0.241 e. The third-order valence-electron chi connectivity index (χ3n) is 2.03. The molecule has 0 saturated heterocycles. The summed E-state index contributed by atoms with van der Waals surface area (Å²) < 4.78 is 1.58. The van der Waals surface area contributed by atoms with Crippen molar-refractivity contribution in [1.82, 2.24) is 15.1 Å². The van der Waals surface area contributed by atoms with Crippen LogP contribution in [0.15, 0.2) is 12.4 Å². The minimum Gasteiger partial charge on any atom is -0.394 e. The van der Waals surface area contributed by atoms with Gasteiger partial charge in [-0.1, -0.05) is 0 Å². The molecule has 6 nitrogen and oxygen atoms in total. The average molecular weight is 212 g/mol. The van der Waals surface area contributed by atoms with E-state index in [0.717, 1.165) is 0 Å². The predicted molar refractivity (Wildman–Crippen MR) is 54.8 cm³/mol. The smallest absolute Gasteiger partial charge is 0.241 e. The zero-order valence-electron chi connectivity index (χ0n) is 8.84. The summed E-state index contributed by atoms with van der Waals surface area (Å²) >= 11 is 0. The molecule has 0 bridgehead atoms. The van der Waals surface area contributed by atoms with Crippen LogP contribution in [0.4, 0.5) is 0 Å². The van der Waals surface area contributed by atoms with Crippen LogP contribution in [0, 0.1) is 0 Å². The van der Waals surface area contributed by atoms with E-state index in [9.17, 15) is 4.79 Å². The lowest BCUT2D eigenvalue weighted by atomic mass is 10.1. The average Bonchev–Trinajstić information content (AvgIpc) is 2.63. The summed E-state index contributed by atoms with van der Waals surface area (Å²) in [4.78, 5) is 11.5. The van der Waals surface area contributed by atoms with Gasteiger partial charge in [0, 0.05) is 24.8 Å². The Kier molecular flexibility index (Phi) is 3.81. The molecule has 0 aromatic carbocycles. The molecule has 0 aliphatic heterocycles. The molecule has 1 amide bonds. The van der Waals surface area contributed by atoms with Crippen molar-refractivity contribution in [3.63, 3.8) is 0 Å². The number of nitrogens with zero attached hydrogens (tertiary/aromatic N) is 2. The Balaban J connectivity index is 2.60. The van der Waals surface area contributed by atoms with Crippen molar-refractivity contribution < 1.29 is 9.90 Å². The first kappa shape index (κ1) is 11.7. The van der Waals surface area contributed by atoms with Gasteiger partial charge in [-0.05, 0) is 6.92 Å². The number of hydrogen-bond acceptors (Lipinski definition) is 4. The SMILES string of the molecule is C[C@@H](CO)NC(=O)C(N)c1cnn(C)c1. The number of rotatable bonds is 4. The van der Waals surface area contributed by atoms with Gasteiger partial charge in [0.05, 0.1) is 12.8 Å². The fourth-order valence-electron chi connectivity index (χ4n) is 1.13. The second kappa shape index (κ2) is 4.90. The lowest BCUT2D eigenvalue weighted by molar-refractivity contribution is -0.123. The maximum absolute atomic E-state index is 11.5. The van der Waals surface area contributed by atoms with E-state index < -0.39 is 6.04 Å². The molecule has 84 valence electrons. The molecule has 0 aliphatic carbocycles. The number of aryl methyl sites for hydroxylation is 1. The normalized spacial score (nSPS) is 14.7. The van der Waals surface area contributed by atoms with E-state index in [1.54, 1.807) is 31.0 Å². The highest BCUT2D eigenvalue weighted by molar-refractivity contribution is 5.83. The molecule has 0 fully saturated rings. The van der Waals surface area contributed by atoms with Crippen molar-refractivity contribution in [2.75, 3.05) is 6.61 Å². The van der Waals surface area contributed by atoms with Crippen molar-refractivity contribution in [1.29, 1.82) is 0 Å². The lowest BCUT2D eigenvalue weighted by Gasteiger charge is -2.14. The van der Waals surface area contributed by atoms with Gasteiger partial charge >= 0.3 is 0 Å². The number of nitrogens with one attached hydrogen (secondary N) is 1. The zero-order chi connectivity index (χ0) is 11.4. The second-order valence-electron chi connectivity index (χ2n) is 3.52. The Labute approximate surface area is 88.1 Å². The molecule has 0 saturated carbocycles. The first-order chi connectivity index (χ1) is 7.04. The summed E-state index contributed by atoms with van der Waals surface area (Å²) in [7, 11) is 1.75. The van der Waals surface area contributed by atoms with Crippen LogP contribution in [0.2, 0.25) is 0 Å². The predicted octanol–water partition coefficient (Wildman–Crippen LogP) is -1.08. The molecule has 0 radical (unpaired) electrons. The Morgan fingerprint density at radius 3 is 2.93 bits per heavy atom. The zero-order valence-corrected chi connectivity index (χ0v) is 8.84. The van der Waals surface area contributed by atoms with E-state index in [-0.39, 0.29) is 18.6 Å². The van der Waals surface area contributed by atoms with E-state index >= 15 is 0 Å². The van der Waals surface area contributed by atoms with Crippen molar-refractivity contribution in [3.8, 4) is 0 Å². The summed E-state index contributed by atoms with van der Waals surface area (Å²) in [6.07, 6.45) is 3.24. The number of aliphatic hydroxyl groups excluding tert-OH is 1. The summed E-state index contributed by atoms with van der Waals surface area (Å²) in [5.74, 6) is -0.315. The van der Waals surface area contributed by atoms with E-state index in [0.29, 0.717) is 5.56 Å². The molecule has 1 aromatic rings. The lowest BCUT2D eigenvalue weighted by Crippen LogP contribution is -2.40. The van der Waals surface area contributed by atoms with E-state index in [1.807, 2.05) is 0 Å². The van der Waals surface area contributed by atoms with Gasteiger partial charge in [0.2, 0.25) is 5.91 Å². The summed E-state index contributed by atoms with van der Waals surface area (Å²) in [5, 5.41) is 15.3. The van der Waals surface area contributed by atoms with Gasteiger partial charge in [-0.25, -0.2) is 0 Å². The van der Waals surface area contributed by atoms with Crippen LogP contribution < -0.4 is 11.1 Å². The van der Waals surface area contributed by atoms with Crippen molar-refractivity contribution in [2.24, 2.45) is 12.8 Å². The Hall–Kier alpha value is -1.40. The molecule has 0 aliphatic rings. The van der Waals surface area contributed by atoms with Gasteiger partial charge in [0.15, 0.2) is 0 Å². The van der Waals surface area contributed by atoms with E-state index in [4.69, 9.17) is 10.8 Å². The van der Waals surface area contributed by atoms with E-state index in [1.165, 1.54) is 0 Å². The highest BCUT2D eigenvalue weighted by Crippen LogP contribution is 2.08. The molecule has 1 unspecified atom stereocenters. The minimum atomic E-state index is -0.743. The fraction of sp³-hybridized carbons (Fsp3) is 0.556. The largest absolute Gasteiger partial charge is 0.394 e.